The Hall–Kier alpha value is -4.45. The molecule has 1 saturated carbocycles. The summed E-state index contributed by atoms with van der Waals surface area (Å²) in [6, 6.07) is 13.4. The lowest BCUT2D eigenvalue weighted by Gasteiger charge is -2.32. The van der Waals surface area contributed by atoms with Crippen molar-refractivity contribution in [2.75, 3.05) is 33.4 Å². The first-order chi connectivity index (χ1) is 22.2. The largest absolute Gasteiger partial charge is 0.493 e. The highest BCUT2D eigenvalue weighted by atomic mass is 16.5. The zero-order valence-corrected chi connectivity index (χ0v) is 26.9. The van der Waals surface area contributed by atoms with Crippen molar-refractivity contribution in [1.82, 2.24) is 30.3 Å². The molecule has 1 aromatic heterocycles. The minimum Gasteiger partial charge on any atom is -0.493 e. The molecule has 1 aliphatic heterocycles. The number of nitrogens with zero attached hydrogens (tertiary/aromatic N) is 4. The monoisotopic (exact) mass is 631 g/mol. The van der Waals surface area contributed by atoms with Gasteiger partial charge in [-0.15, -0.1) is 0 Å². The molecule has 0 unspecified atom stereocenters. The van der Waals surface area contributed by atoms with E-state index in [9.17, 15) is 14.4 Å². The Labute approximate surface area is 270 Å². The Kier molecular flexibility index (Phi) is 10.9. The van der Waals surface area contributed by atoms with Crippen molar-refractivity contribution in [3.8, 4) is 22.9 Å². The van der Waals surface area contributed by atoms with Gasteiger partial charge in [-0.3, -0.25) is 14.4 Å². The van der Waals surface area contributed by atoms with Crippen LogP contribution in [-0.4, -0.2) is 76.8 Å². The van der Waals surface area contributed by atoms with Gasteiger partial charge in [0.25, 0.3) is 5.91 Å². The molecule has 1 fully saturated rings. The second-order valence-corrected chi connectivity index (χ2v) is 12.3. The molecule has 12 heteroatoms. The fourth-order valence-corrected chi connectivity index (χ4v) is 6.13. The third-order valence-corrected chi connectivity index (χ3v) is 8.74. The van der Waals surface area contributed by atoms with Crippen LogP contribution in [0.3, 0.4) is 0 Å². The number of fused-ring (bicyclic) bond motifs is 3. The summed E-state index contributed by atoms with van der Waals surface area (Å²) < 4.78 is 13.4. The number of methoxy groups -OCH3 is 1. The lowest BCUT2D eigenvalue weighted by atomic mass is 9.83. The molecule has 3 aromatic rings. The standard InChI is InChI=1S/C34H45N7O5/c1-22(2)30-32-38-31(24-12-8-5-9-13-24)39-41(32)18-19-46-27-20-25(14-15-26(27)45-3)33(43)36-16-17-40(21-28(42)37-30)34(44)29(35)23-10-6-4-7-11-23/h5,8-9,12-15,20,22-23,29-30H,4,6-7,10-11,16-19,21,35H2,1-3H3,(H,36,43)(H,37,42)/t29-,30+/m0/s1. The van der Waals surface area contributed by atoms with Crippen molar-refractivity contribution < 1.29 is 23.9 Å². The molecule has 12 nitrogen and oxygen atoms in total. The van der Waals surface area contributed by atoms with Crippen LogP contribution < -0.4 is 25.8 Å². The van der Waals surface area contributed by atoms with E-state index in [4.69, 9.17) is 25.3 Å². The van der Waals surface area contributed by atoms with Gasteiger partial charge in [-0.05, 0) is 42.9 Å². The van der Waals surface area contributed by atoms with Crippen molar-refractivity contribution in [2.24, 2.45) is 17.6 Å². The molecule has 4 N–H and O–H groups in total. The number of aromatic nitrogens is 3. The topological polar surface area (TPSA) is 154 Å². The highest BCUT2D eigenvalue weighted by Gasteiger charge is 2.32. The molecular weight excluding hydrogens is 586 g/mol. The first kappa shape index (κ1) is 32.9. The van der Waals surface area contributed by atoms with Crippen molar-refractivity contribution in [2.45, 2.75) is 64.6 Å². The van der Waals surface area contributed by atoms with Crippen LogP contribution in [0.2, 0.25) is 0 Å². The average molecular weight is 632 g/mol. The van der Waals surface area contributed by atoms with Gasteiger partial charge < -0.3 is 30.7 Å². The summed E-state index contributed by atoms with van der Waals surface area (Å²) in [6.07, 6.45) is 5.00. The fraction of sp³-hybridized carbons (Fsp3) is 0.500. The summed E-state index contributed by atoms with van der Waals surface area (Å²) in [6.45, 7) is 4.57. The molecule has 2 heterocycles. The van der Waals surface area contributed by atoms with Crippen LogP contribution in [0.25, 0.3) is 11.4 Å². The Morgan fingerprint density at radius 2 is 1.80 bits per heavy atom. The fourth-order valence-electron chi connectivity index (χ4n) is 6.13. The predicted molar refractivity (Wildman–Crippen MR) is 173 cm³/mol. The van der Waals surface area contributed by atoms with Crippen molar-refractivity contribution >= 4 is 17.7 Å². The van der Waals surface area contributed by atoms with E-state index in [2.05, 4.69) is 10.6 Å². The number of carbonyl (C=O) groups is 3. The predicted octanol–water partition coefficient (Wildman–Crippen LogP) is 3.33. The molecule has 246 valence electrons. The van der Waals surface area contributed by atoms with E-state index in [1.807, 2.05) is 44.2 Å². The Morgan fingerprint density at radius 1 is 1.04 bits per heavy atom. The zero-order valence-electron chi connectivity index (χ0n) is 26.9. The van der Waals surface area contributed by atoms with Crippen LogP contribution in [0.4, 0.5) is 0 Å². The molecule has 5 rings (SSSR count). The average Bonchev–Trinajstić information content (AvgIpc) is 3.49. The number of rotatable bonds is 5. The van der Waals surface area contributed by atoms with Gasteiger partial charge in [0.1, 0.15) is 6.61 Å². The van der Waals surface area contributed by atoms with Gasteiger partial charge >= 0.3 is 0 Å². The molecule has 3 amide bonds. The van der Waals surface area contributed by atoms with Crippen molar-refractivity contribution in [3.05, 3.63) is 59.9 Å². The number of nitrogens with two attached hydrogens (primary N) is 1. The van der Waals surface area contributed by atoms with E-state index in [0.717, 1.165) is 37.7 Å². The van der Waals surface area contributed by atoms with E-state index in [1.54, 1.807) is 30.0 Å². The van der Waals surface area contributed by atoms with Gasteiger partial charge in [-0.25, -0.2) is 9.67 Å². The van der Waals surface area contributed by atoms with Crippen LogP contribution in [0.5, 0.6) is 11.5 Å². The summed E-state index contributed by atoms with van der Waals surface area (Å²) in [5.41, 5.74) is 7.74. The Morgan fingerprint density at radius 3 is 2.52 bits per heavy atom. The summed E-state index contributed by atoms with van der Waals surface area (Å²) in [5.74, 6) is 1.04. The number of hydrogen-bond acceptors (Lipinski definition) is 8. The lowest BCUT2D eigenvalue weighted by molar-refractivity contribution is -0.138. The number of benzene rings is 2. The van der Waals surface area contributed by atoms with Gasteiger partial charge in [0.2, 0.25) is 11.8 Å². The number of hydrogen-bond donors (Lipinski definition) is 3. The van der Waals surface area contributed by atoms with E-state index >= 15 is 0 Å². The highest BCUT2D eigenvalue weighted by Crippen LogP contribution is 2.30. The Balaban J connectivity index is 1.49. The SMILES string of the molecule is COc1ccc2cc1OCCn1nc(-c3ccccc3)nc1[C@@H](C(C)C)NC(=O)CN(C(=O)[C@@H](N)C1CCCCC1)CCNC2=O. The maximum Gasteiger partial charge on any atom is 0.251 e. The third-order valence-electron chi connectivity index (χ3n) is 8.74. The van der Waals surface area contributed by atoms with E-state index in [-0.39, 0.29) is 55.8 Å². The quantitative estimate of drug-likeness (QED) is 0.388. The molecule has 2 atom stereocenters. The minimum absolute atomic E-state index is 0.0526. The molecule has 2 bridgehead atoms. The van der Waals surface area contributed by atoms with E-state index in [1.165, 1.54) is 4.90 Å². The summed E-state index contributed by atoms with van der Waals surface area (Å²) in [5, 5.41) is 10.8. The zero-order chi connectivity index (χ0) is 32.6. The second-order valence-electron chi connectivity index (χ2n) is 12.3. The van der Waals surface area contributed by atoms with Crippen LogP contribution >= 0.6 is 0 Å². The van der Waals surface area contributed by atoms with Crippen molar-refractivity contribution in [1.29, 1.82) is 0 Å². The van der Waals surface area contributed by atoms with Gasteiger partial charge in [0.15, 0.2) is 23.1 Å². The van der Waals surface area contributed by atoms with Gasteiger partial charge in [-0.1, -0.05) is 63.4 Å². The van der Waals surface area contributed by atoms with Crippen LogP contribution in [0.15, 0.2) is 48.5 Å². The molecule has 0 spiro atoms. The molecule has 0 radical (unpaired) electrons. The number of carbonyl (C=O) groups excluding carboxylic acids is 3. The summed E-state index contributed by atoms with van der Waals surface area (Å²) >= 11 is 0. The number of nitrogens with one attached hydrogen (secondary N) is 2. The maximum absolute atomic E-state index is 13.7. The van der Waals surface area contributed by atoms with Gasteiger partial charge in [-0.2, -0.15) is 5.10 Å². The molecule has 2 aromatic carbocycles. The molecule has 2 aliphatic rings. The first-order valence-electron chi connectivity index (χ1n) is 16.2. The van der Waals surface area contributed by atoms with Gasteiger partial charge in [0, 0.05) is 24.2 Å². The summed E-state index contributed by atoms with van der Waals surface area (Å²) in [4.78, 5) is 46.9. The maximum atomic E-state index is 13.7. The molecular formula is C34H45N7O5. The Bertz CT molecular complexity index is 1500. The molecule has 46 heavy (non-hydrogen) atoms. The summed E-state index contributed by atoms with van der Waals surface area (Å²) in [7, 11) is 1.54. The van der Waals surface area contributed by atoms with Crippen LogP contribution in [0.1, 0.15) is 68.2 Å². The lowest BCUT2D eigenvalue weighted by Crippen LogP contribution is -2.53. The second kappa shape index (κ2) is 15.2. The van der Waals surface area contributed by atoms with Gasteiger partial charge in [0.05, 0.1) is 32.3 Å². The normalized spacial score (nSPS) is 19.3. The van der Waals surface area contributed by atoms with E-state index < -0.39 is 12.1 Å². The molecule has 1 aliphatic carbocycles. The van der Waals surface area contributed by atoms with Crippen molar-refractivity contribution in [3.63, 3.8) is 0 Å². The molecule has 0 saturated heterocycles. The minimum atomic E-state index is -0.711. The first-order valence-corrected chi connectivity index (χ1v) is 16.2. The van der Waals surface area contributed by atoms with Crippen LogP contribution in [-0.2, 0) is 16.1 Å². The highest BCUT2D eigenvalue weighted by molar-refractivity contribution is 5.95. The number of amides is 3. The number of ether oxygens (including phenoxy) is 2. The van der Waals surface area contributed by atoms with E-state index in [0.29, 0.717) is 35.3 Å². The third kappa shape index (κ3) is 7.85. The smallest absolute Gasteiger partial charge is 0.251 e. The van der Waals surface area contributed by atoms with Crippen LogP contribution in [0, 0.1) is 11.8 Å².